The Labute approximate surface area is 650 Å². The largest absolute Gasteiger partial charge is 0.465 e. The molecular weight excluding hydrogens is 1220 g/mol. The fourth-order valence-electron chi connectivity index (χ4n) is 9.40. The Morgan fingerprint density at radius 1 is 0.375 bits per heavy atom. The van der Waals surface area contributed by atoms with E-state index in [-0.39, 0.29) is 101 Å². The molecule has 6 aliphatic heterocycles. The number of aryl methyl sites for hydroxylation is 6. The highest BCUT2D eigenvalue weighted by Crippen LogP contribution is 2.34. The fraction of sp³-hybridized carbons (Fsp3) is 0.667. The van der Waals surface area contributed by atoms with Gasteiger partial charge in [-0.3, -0.25) is 28.8 Å². The van der Waals surface area contributed by atoms with Gasteiger partial charge in [0.05, 0.1) is 91.4 Å². The van der Waals surface area contributed by atoms with Crippen LogP contribution in [-0.4, -0.2) is 133 Å². The van der Waals surface area contributed by atoms with Crippen LogP contribution in [0.15, 0.2) is 37.0 Å². The molecular formula is C72H108N12O12. The molecule has 12 atom stereocenters. The van der Waals surface area contributed by atoms with Crippen LogP contribution in [0.1, 0.15) is 230 Å². The zero-order valence-electron chi connectivity index (χ0n) is 111. The molecule has 0 spiro atoms. The quantitative estimate of drug-likeness (QED) is 0.0574. The summed E-state index contributed by atoms with van der Waals surface area (Å²) in [5, 5.41) is 0. The van der Waals surface area contributed by atoms with Crippen molar-refractivity contribution in [2.24, 2.45) is 113 Å². The molecule has 0 saturated carbocycles. The fourth-order valence-corrected chi connectivity index (χ4v) is 9.40. The molecule has 0 bridgehead atoms. The monoisotopic (exact) mass is 1390 g/mol. The molecule has 6 saturated heterocycles. The SMILES string of the molecule is [2H]c1nc(C)n(C([2H])([2H])[2H])c1C[C@@H]1[C@H](CC([2H])([2H])[2H])C(=O)OC1([2H])[2H].[2H]c1nc(C)n(C([2H])([2H])[2H])c1C[C@@]1([2H])COC(=O)[C@@]1([2H])C([2H])([2H])C([2H])([2H])[2H].[2H]c1nc(C)n(C([2H])([2H])[2H])c1C[C@@]1([2H])COC(=O)[C@@]1([2H])CC([2H])([2H])[2H].[2H]c1nc(C)n(C([2H])([2H])[2H])c1C[C@@]1([2H])COC(=O)[C@H]1CC([2H])([2H])[2H].[2H]c1nc(C)n(C([2H])([2H])[2H])c1C[C@H]1C([2H])([2H])OC(=O)[C@@]1([2H])C([2H])([2H])C([2H])([2H])[2H].[2H]c1nc(C)n(C([2H])([2H])[2H])c1C[C@H]1C([2H])([2H])OC(=O)[C@@]1([2H])CC([2H])([2H])[2H]. The molecule has 0 N–H and O–H groups in total. The van der Waals surface area contributed by atoms with Crippen molar-refractivity contribution in [1.29, 1.82) is 0 Å². The zero-order valence-corrected chi connectivity index (χ0v) is 52.3. The highest BCUT2D eigenvalue weighted by atomic mass is 16.6. The van der Waals surface area contributed by atoms with Gasteiger partial charge in [-0.15, -0.1) is 0 Å². The van der Waals surface area contributed by atoms with Gasteiger partial charge in [0, 0.05) is 213 Å². The summed E-state index contributed by atoms with van der Waals surface area (Å²) in [5.41, 5.74) is -1.21. The van der Waals surface area contributed by atoms with E-state index in [0.29, 0.717) is 9.13 Å². The van der Waals surface area contributed by atoms with E-state index in [0.717, 1.165) is 18.3 Å². The minimum atomic E-state index is -3.52. The molecule has 0 unspecified atom stereocenters. The lowest BCUT2D eigenvalue weighted by Crippen LogP contribution is -2.18. The van der Waals surface area contributed by atoms with Crippen LogP contribution in [0.3, 0.4) is 0 Å². The third-order valence-corrected chi connectivity index (χ3v) is 15.2. The van der Waals surface area contributed by atoms with Crippen LogP contribution in [0, 0.1) is 112 Å². The van der Waals surface area contributed by atoms with Crippen molar-refractivity contribution in [2.45, 2.75) is 160 Å². The second kappa shape index (κ2) is 34.8. The zero-order chi connectivity index (χ0) is 121. The van der Waals surface area contributed by atoms with E-state index in [1.54, 1.807) is 0 Å². The number of rotatable bonds is 18. The average Bonchev–Trinajstić information content (AvgIpc) is 1.57. The Morgan fingerprint density at radius 2 is 0.677 bits per heavy atom. The summed E-state index contributed by atoms with van der Waals surface area (Å²) < 4.78 is 486. The molecule has 0 amide bonds. The minimum Gasteiger partial charge on any atom is -0.465 e. The van der Waals surface area contributed by atoms with E-state index in [1.807, 2.05) is 0 Å². The number of imidazole rings is 6. The molecule has 0 aliphatic carbocycles. The van der Waals surface area contributed by atoms with Crippen molar-refractivity contribution >= 4 is 35.8 Å². The van der Waals surface area contributed by atoms with Gasteiger partial charge in [-0.2, -0.15) is 0 Å². The number of cyclic esters (lactones) is 6. The van der Waals surface area contributed by atoms with Gasteiger partial charge < -0.3 is 55.8 Å². The van der Waals surface area contributed by atoms with E-state index in [4.69, 9.17) is 90.3 Å². The summed E-state index contributed by atoms with van der Waals surface area (Å²) in [6.07, 6.45) is -15.9. The van der Waals surface area contributed by atoms with Gasteiger partial charge in [0.25, 0.3) is 0 Å². The molecule has 6 fully saturated rings. The highest BCUT2D eigenvalue weighted by molar-refractivity contribution is 5.77. The Balaban J connectivity index is 0.000000251. The first kappa shape index (κ1) is 28.5. The van der Waals surface area contributed by atoms with E-state index in [1.165, 1.54) is 41.5 Å². The maximum Gasteiger partial charge on any atom is 0.309 e. The lowest BCUT2D eigenvalue weighted by atomic mass is 9.89. The molecule has 6 aromatic rings. The lowest BCUT2D eigenvalue weighted by Gasteiger charge is -2.13. The van der Waals surface area contributed by atoms with Gasteiger partial charge in [0.2, 0.25) is 0 Å². The molecule has 96 heavy (non-hydrogen) atoms. The van der Waals surface area contributed by atoms with Crippen molar-refractivity contribution in [2.75, 3.05) is 39.5 Å². The number of aromatic nitrogens is 12. The minimum absolute atomic E-state index is 0.0118. The number of hydrogen-bond donors (Lipinski definition) is 0. The van der Waals surface area contributed by atoms with Crippen LogP contribution in [0.4, 0.5) is 0 Å². The van der Waals surface area contributed by atoms with Crippen molar-refractivity contribution in [3.63, 3.8) is 0 Å². The summed E-state index contributed by atoms with van der Waals surface area (Å²) in [6, 6.07) is 0. The van der Waals surface area contributed by atoms with Gasteiger partial charge in [-0.1, -0.05) is 41.1 Å². The smallest absolute Gasteiger partial charge is 0.309 e. The maximum absolute atomic E-state index is 12.3. The second-order valence-corrected chi connectivity index (χ2v) is 21.3. The third kappa shape index (κ3) is 18.4. The van der Waals surface area contributed by atoms with Crippen molar-refractivity contribution < 1.29 is 138 Å². The van der Waals surface area contributed by atoms with Crippen LogP contribution in [-0.2, 0) is 138 Å². The summed E-state index contributed by atoms with van der Waals surface area (Å²) in [5.74, 6) is -32.3. The number of ether oxygens (including phenoxy) is 6. The predicted octanol–water partition coefficient (Wildman–Crippen LogP) is 8.82. The summed E-state index contributed by atoms with van der Waals surface area (Å²) in [4.78, 5) is 94.9. The van der Waals surface area contributed by atoms with Crippen molar-refractivity contribution in [3.8, 4) is 0 Å². The molecule has 12 rings (SSSR count). The third-order valence-electron chi connectivity index (χ3n) is 15.2. The number of nitrogens with zero attached hydrogens (tertiary/aromatic N) is 12. The van der Waals surface area contributed by atoms with Crippen molar-refractivity contribution in [1.82, 2.24) is 57.3 Å². The van der Waals surface area contributed by atoms with Gasteiger partial charge in [-0.05, 0) is 118 Å². The number of hydrogen-bond acceptors (Lipinski definition) is 18. The standard InChI is InChI=1S/6C12H18N2O2/c6*1-4-11-9(7-16-12(11)15)5-10-6-13-8(2)14(10)3/h6*6,9,11H,4-5,7H2,1-3H3/t6*9-,11-/m000000/s1/i1D3,3D3,4D2,6D,9D,11D;1D3,3D3,4D2,6D,7D2,11D;1D3,3D3,6D,9D,11D;1D3,3D3,6D,7D2,11D;1D3,3D3,6D,9D;1D3,3D3,6D,7D2. The normalized spacial score (nSPS) is 42.6. The van der Waals surface area contributed by atoms with E-state index in [2.05, 4.69) is 48.9 Å². The number of esters is 6. The summed E-state index contributed by atoms with van der Waals surface area (Å²) >= 11 is 0. The molecule has 528 valence electrons. The maximum atomic E-state index is 12.3. The van der Waals surface area contributed by atoms with Crippen molar-refractivity contribution in [3.05, 3.63) is 106 Å². The Kier molecular flexibility index (Phi) is 10.3. The summed E-state index contributed by atoms with van der Waals surface area (Å²) in [6.45, 7) is -35.0. The summed E-state index contributed by atoms with van der Waals surface area (Å²) in [7, 11) is 0. The molecule has 6 aromatic heterocycles. The van der Waals surface area contributed by atoms with E-state index < -0.39 is 311 Å². The Hall–Kier alpha value is -7.92. The number of carbonyl (C=O) groups excluding carboxylic acids is 6. The van der Waals surface area contributed by atoms with Gasteiger partial charge in [0.1, 0.15) is 34.9 Å². The van der Waals surface area contributed by atoms with Crippen LogP contribution in [0.2, 0.25) is 0 Å². The molecule has 12 heterocycles. The molecule has 24 heteroatoms. The lowest BCUT2D eigenvalue weighted by molar-refractivity contribution is -0.142. The first-order valence-corrected chi connectivity index (χ1v) is 28.7. The molecule has 6 aliphatic rings. The molecule has 0 aromatic carbocycles. The highest BCUT2D eigenvalue weighted by Gasteiger charge is 2.41. The molecule has 24 nitrogen and oxygen atoms in total. The first-order valence-electron chi connectivity index (χ1n) is 58.2. The first-order chi connectivity index (χ1) is 68.7. The molecule has 0 radical (unpaired) electrons. The van der Waals surface area contributed by atoms with Crippen LogP contribution >= 0.6 is 0 Å². The average molecular weight is 1390 g/mol. The second-order valence-electron chi connectivity index (χ2n) is 21.3. The van der Waals surface area contributed by atoms with Gasteiger partial charge in [-0.25, -0.2) is 29.9 Å². The van der Waals surface area contributed by atoms with Crippen LogP contribution in [0.25, 0.3) is 0 Å². The number of carbonyl (C=O) groups is 6. The van der Waals surface area contributed by atoms with Crippen LogP contribution in [0.5, 0.6) is 0 Å². The predicted molar refractivity (Wildman–Crippen MR) is 359 cm³/mol. The topological polar surface area (TPSA) is 265 Å². The Morgan fingerprint density at radius 3 is 1.11 bits per heavy atom. The Bertz CT molecular complexity index is 6200. The van der Waals surface area contributed by atoms with E-state index >= 15 is 0 Å². The van der Waals surface area contributed by atoms with Crippen LogP contribution < -0.4 is 0 Å². The van der Waals surface area contributed by atoms with E-state index in [9.17, 15) is 28.8 Å². The van der Waals surface area contributed by atoms with Gasteiger partial charge >= 0.3 is 35.8 Å². The van der Waals surface area contributed by atoms with Gasteiger partial charge in [0.15, 0.2) is 0 Å².